The Morgan fingerprint density at radius 1 is 1.67 bits per heavy atom. The number of aromatic nitrogens is 2. The summed E-state index contributed by atoms with van der Waals surface area (Å²) < 4.78 is 0. The van der Waals surface area contributed by atoms with E-state index in [1.165, 1.54) is 12.5 Å². The van der Waals surface area contributed by atoms with Crippen LogP contribution in [0.4, 0.5) is 0 Å². The lowest BCUT2D eigenvalue weighted by Gasteiger charge is -1.98. The van der Waals surface area contributed by atoms with E-state index in [0.717, 1.165) is 0 Å². The summed E-state index contributed by atoms with van der Waals surface area (Å²) in [5.41, 5.74) is 1.03. The molecule has 0 fully saturated rings. The smallest absolute Gasteiger partial charge is 0.173 e. The Morgan fingerprint density at radius 3 is 3.00 bits per heavy atom. The zero-order chi connectivity index (χ0) is 8.97. The highest BCUT2D eigenvalue weighted by molar-refractivity contribution is 6.03. The Labute approximate surface area is 69.7 Å². The number of carbonyl (C=O) groups excluding carboxylic acids is 2. The van der Waals surface area contributed by atoms with Gasteiger partial charge in [0.15, 0.2) is 5.78 Å². The third-order valence-electron chi connectivity index (χ3n) is 1.48. The Kier molecular flexibility index (Phi) is 2.63. The summed E-state index contributed by atoms with van der Waals surface area (Å²) in [6.45, 7) is 1.71. The first kappa shape index (κ1) is 8.52. The lowest BCUT2D eigenvalue weighted by atomic mass is 10.1. The standard InChI is InChI=1S/C8H8N2O2/c1-6-7(4-9-5-10-6)8(12)2-3-11/h3-5H,2H2,1H3. The molecule has 0 aliphatic carbocycles. The first-order valence-electron chi connectivity index (χ1n) is 3.49. The van der Waals surface area contributed by atoms with Gasteiger partial charge in [-0.2, -0.15) is 0 Å². The molecule has 0 saturated carbocycles. The Morgan fingerprint density at radius 2 is 2.42 bits per heavy atom. The first-order valence-corrected chi connectivity index (χ1v) is 3.49. The highest BCUT2D eigenvalue weighted by Gasteiger charge is 2.08. The second-order valence-electron chi connectivity index (χ2n) is 2.32. The molecule has 0 N–H and O–H groups in total. The van der Waals surface area contributed by atoms with Gasteiger partial charge in [-0.25, -0.2) is 9.97 Å². The van der Waals surface area contributed by atoms with Crippen LogP contribution in [-0.2, 0) is 4.79 Å². The maximum Gasteiger partial charge on any atom is 0.173 e. The first-order chi connectivity index (χ1) is 5.75. The third-order valence-corrected chi connectivity index (χ3v) is 1.48. The summed E-state index contributed by atoms with van der Waals surface area (Å²) in [5.74, 6) is -0.233. The van der Waals surface area contributed by atoms with E-state index in [0.29, 0.717) is 17.5 Å². The van der Waals surface area contributed by atoms with Crippen molar-refractivity contribution in [2.75, 3.05) is 0 Å². The molecule has 0 saturated heterocycles. The molecule has 0 spiro atoms. The van der Waals surface area contributed by atoms with Crippen molar-refractivity contribution < 1.29 is 9.59 Å². The van der Waals surface area contributed by atoms with Gasteiger partial charge in [-0.1, -0.05) is 0 Å². The topological polar surface area (TPSA) is 59.9 Å². The van der Waals surface area contributed by atoms with Crippen molar-refractivity contribution in [2.24, 2.45) is 0 Å². The minimum atomic E-state index is -0.233. The lowest BCUT2D eigenvalue weighted by Crippen LogP contribution is -2.04. The van der Waals surface area contributed by atoms with E-state index in [1.807, 2.05) is 0 Å². The van der Waals surface area contributed by atoms with Crippen LogP contribution in [0.1, 0.15) is 22.5 Å². The number of carbonyl (C=O) groups is 2. The summed E-state index contributed by atoms with van der Waals surface area (Å²) in [7, 11) is 0. The number of nitrogens with zero attached hydrogens (tertiary/aromatic N) is 2. The van der Waals surface area contributed by atoms with Gasteiger partial charge in [-0.3, -0.25) is 4.79 Å². The molecule has 4 heteroatoms. The van der Waals surface area contributed by atoms with Crippen LogP contribution in [0.25, 0.3) is 0 Å². The van der Waals surface area contributed by atoms with Crippen LogP contribution in [0.2, 0.25) is 0 Å². The van der Waals surface area contributed by atoms with Gasteiger partial charge in [0.25, 0.3) is 0 Å². The van der Waals surface area contributed by atoms with Crippen molar-refractivity contribution in [3.8, 4) is 0 Å². The van der Waals surface area contributed by atoms with Crippen LogP contribution >= 0.6 is 0 Å². The average Bonchev–Trinajstić information content (AvgIpc) is 2.05. The normalized spacial score (nSPS) is 9.42. The zero-order valence-electron chi connectivity index (χ0n) is 6.65. The van der Waals surface area contributed by atoms with Crippen LogP contribution in [0.5, 0.6) is 0 Å². The number of hydrogen-bond acceptors (Lipinski definition) is 4. The molecule has 0 aliphatic heterocycles. The summed E-state index contributed by atoms with van der Waals surface area (Å²) in [5, 5.41) is 0. The van der Waals surface area contributed by atoms with Crippen LogP contribution in [0, 0.1) is 6.92 Å². The molecule has 62 valence electrons. The zero-order valence-corrected chi connectivity index (χ0v) is 6.65. The molecule has 0 bridgehead atoms. The van der Waals surface area contributed by atoms with Crippen LogP contribution in [0.3, 0.4) is 0 Å². The molecule has 1 aromatic heterocycles. The fourth-order valence-electron chi connectivity index (χ4n) is 0.850. The highest BCUT2D eigenvalue weighted by atomic mass is 16.1. The predicted molar refractivity (Wildman–Crippen MR) is 41.8 cm³/mol. The van der Waals surface area contributed by atoms with E-state index in [9.17, 15) is 9.59 Å². The monoisotopic (exact) mass is 164 g/mol. The molecule has 0 atom stereocenters. The molecule has 1 aromatic rings. The largest absolute Gasteiger partial charge is 0.303 e. The quantitative estimate of drug-likeness (QED) is 0.372. The van der Waals surface area contributed by atoms with Gasteiger partial charge < -0.3 is 4.79 Å². The van der Waals surface area contributed by atoms with Gasteiger partial charge in [0, 0.05) is 6.20 Å². The van der Waals surface area contributed by atoms with Crippen LogP contribution < -0.4 is 0 Å². The van der Waals surface area contributed by atoms with Crippen molar-refractivity contribution in [1.82, 2.24) is 9.97 Å². The van der Waals surface area contributed by atoms with E-state index in [2.05, 4.69) is 9.97 Å². The average molecular weight is 164 g/mol. The summed E-state index contributed by atoms with van der Waals surface area (Å²) in [6.07, 6.45) is 3.27. The SMILES string of the molecule is Cc1ncncc1C(=O)CC=O. The molecule has 12 heavy (non-hydrogen) atoms. The minimum absolute atomic E-state index is 0.103. The Balaban J connectivity index is 2.94. The maximum atomic E-state index is 11.2. The number of Topliss-reactive ketones (excluding diaryl/α,β-unsaturated/α-hetero) is 1. The predicted octanol–water partition coefficient (Wildman–Crippen LogP) is 0.557. The maximum absolute atomic E-state index is 11.2. The molecular weight excluding hydrogens is 156 g/mol. The van der Waals surface area contributed by atoms with Gasteiger partial charge in [-0.15, -0.1) is 0 Å². The van der Waals surface area contributed by atoms with Gasteiger partial charge in [-0.05, 0) is 6.92 Å². The van der Waals surface area contributed by atoms with Gasteiger partial charge in [0.05, 0.1) is 17.7 Å². The van der Waals surface area contributed by atoms with Gasteiger partial charge in [0.1, 0.15) is 12.6 Å². The number of aldehydes is 1. The van der Waals surface area contributed by atoms with Gasteiger partial charge >= 0.3 is 0 Å². The fourth-order valence-corrected chi connectivity index (χ4v) is 0.850. The fraction of sp³-hybridized carbons (Fsp3) is 0.250. The number of aryl methyl sites for hydroxylation is 1. The lowest BCUT2D eigenvalue weighted by molar-refractivity contribution is -0.107. The number of ketones is 1. The second-order valence-corrected chi connectivity index (χ2v) is 2.32. The van der Waals surface area contributed by atoms with Crippen LogP contribution in [0.15, 0.2) is 12.5 Å². The summed E-state index contributed by atoms with van der Waals surface area (Å²) in [4.78, 5) is 28.7. The Hall–Kier alpha value is -1.58. The molecule has 4 nitrogen and oxygen atoms in total. The number of hydrogen-bond donors (Lipinski definition) is 0. The van der Waals surface area contributed by atoms with E-state index >= 15 is 0 Å². The highest BCUT2D eigenvalue weighted by Crippen LogP contribution is 2.03. The molecular formula is C8H8N2O2. The van der Waals surface area contributed by atoms with E-state index in [-0.39, 0.29) is 12.2 Å². The van der Waals surface area contributed by atoms with Gasteiger partial charge in [0.2, 0.25) is 0 Å². The molecule has 0 aromatic carbocycles. The molecule has 0 aliphatic rings. The Bertz CT molecular complexity index is 310. The van der Waals surface area contributed by atoms with Crippen molar-refractivity contribution in [3.63, 3.8) is 0 Å². The van der Waals surface area contributed by atoms with Crippen molar-refractivity contribution in [1.29, 1.82) is 0 Å². The van der Waals surface area contributed by atoms with Crippen molar-refractivity contribution >= 4 is 12.1 Å². The molecule has 1 rings (SSSR count). The van der Waals surface area contributed by atoms with Crippen LogP contribution in [-0.4, -0.2) is 22.0 Å². The summed E-state index contributed by atoms with van der Waals surface area (Å²) in [6, 6.07) is 0. The van der Waals surface area contributed by atoms with E-state index in [4.69, 9.17) is 0 Å². The van der Waals surface area contributed by atoms with E-state index < -0.39 is 0 Å². The molecule has 0 amide bonds. The van der Waals surface area contributed by atoms with E-state index in [1.54, 1.807) is 6.92 Å². The molecule has 0 unspecified atom stereocenters. The van der Waals surface area contributed by atoms with Crippen molar-refractivity contribution in [3.05, 3.63) is 23.8 Å². The van der Waals surface area contributed by atoms with Crippen molar-refractivity contribution in [2.45, 2.75) is 13.3 Å². The number of rotatable bonds is 3. The second kappa shape index (κ2) is 3.71. The molecule has 0 radical (unpaired) electrons. The minimum Gasteiger partial charge on any atom is -0.303 e. The molecule has 1 heterocycles. The summed E-state index contributed by atoms with van der Waals surface area (Å²) >= 11 is 0. The third kappa shape index (κ3) is 1.72.